The SMILES string of the molecule is CCNC(=O)CNc1cc(F)ccc1[N+](=O)[O-]. The van der Waals surface area contributed by atoms with E-state index >= 15 is 0 Å². The predicted octanol–water partition coefficient (Wildman–Crippen LogP) is 1.28. The molecule has 2 N–H and O–H groups in total. The topological polar surface area (TPSA) is 84.3 Å². The Morgan fingerprint density at radius 1 is 1.53 bits per heavy atom. The average Bonchev–Trinajstić information content (AvgIpc) is 2.26. The Morgan fingerprint density at radius 3 is 2.82 bits per heavy atom. The molecule has 0 aliphatic heterocycles. The number of likely N-dealkylation sites (N-methyl/N-ethyl adjacent to an activating group) is 1. The molecule has 0 bridgehead atoms. The van der Waals surface area contributed by atoms with Gasteiger partial charge < -0.3 is 10.6 Å². The summed E-state index contributed by atoms with van der Waals surface area (Å²) in [4.78, 5) is 21.2. The predicted molar refractivity (Wildman–Crippen MR) is 60.2 cm³/mol. The summed E-state index contributed by atoms with van der Waals surface area (Å²) in [7, 11) is 0. The third-order valence-electron chi connectivity index (χ3n) is 1.97. The lowest BCUT2D eigenvalue weighted by Crippen LogP contribution is -2.29. The van der Waals surface area contributed by atoms with Crippen LogP contribution in [0.1, 0.15) is 6.92 Å². The Kier molecular flexibility index (Phi) is 4.38. The molecular formula is C10H12FN3O3. The maximum absolute atomic E-state index is 12.9. The fourth-order valence-corrected chi connectivity index (χ4v) is 1.24. The highest BCUT2D eigenvalue weighted by molar-refractivity contribution is 5.81. The zero-order chi connectivity index (χ0) is 12.8. The number of carbonyl (C=O) groups excluding carboxylic acids is 1. The first kappa shape index (κ1) is 12.9. The number of amides is 1. The van der Waals surface area contributed by atoms with Crippen molar-refractivity contribution >= 4 is 17.3 Å². The van der Waals surface area contributed by atoms with E-state index in [1.54, 1.807) is 6.92 Å². The van der Waals surface area contributed by atoms with E-state index in [9.17, 15) is 19.3 Å². The molecule has 92 valence electrons. The Bertz CT molecular complexity index is 437. The number of nitrogens with zero attached hydrogens (tertiary/aromatic N) is 1. The van der Waals surface area contributed by atoms with Crippen LogP contribution in [0.25, 0.3) is 0 Å². The maximum atomic E-state index is 12.9. The van der Waals surface area contributed by atoms with Gasteiger partial charge in [0.1, 0.15) is 11.5 Å². The average molecular weight is 241 g/mol. The number of nitro benzene ring substituents is 1. The standard InChI is InChI=1S/C10H12FN3O3/c1-2-12-10(15)6-13-8-5-7(11)3-4-9(8)14(16)17/h3-5,13H,2,6H2,1H3,(H,12,15). The monoisotopic (exact) mass is 241 g/mol. The summed E-state index contributed by atoms with van der Waals surface area (Å²) in [6, 6.07) is 3.03. The van der Waals surface area contributed by atoms with Gasteiger partial charge in [-0.15, -0.1) is 0 Å². The van der Waals surface area contributed by atoms with Gasteiger partial charge in [0, 0.05) is 18.7 Å². The first-order valence-electron chi connectivity index (χ1n) is 4.99. The Balaban J connectivity index is 2.78. The van der Waals surface area contributed by atoms with Gasteiger partial charge in [-0.3, -0.25) is 14.9 Å². The number of hydrogen-bond donors (Lipinski definition) is 2. The summed E-state index contributed by atoms with van der Waals surface area (Å²) in [5.41, 5.74) is -0.281. The van der Waals surface area contributed by atoms with E-state index < -0.39 is 10.7 Å². The zero-order valence-electron chi connectivity index (χ0n) is 9.20. The molecule has 0 aliphatic carbocycles. The van der Waals surface area contributed by atoms with E-state index in [1.165, 1.54) is 0 Å². The Labute approximate surface area is 97.0 Å². The minimum absolute atomic E-state index is 0.0127. The molecule has 0 heterocycles. The van der Waals surface area contributed by atoms with Gasteiger partial charge in [-0.1, -0.05) is 0 Å². The van der Waals surface area contributed by atoms with Crippen LogP contribution in [-0.4, -0.2) is 23.9 Å². The Morgan fingerprint density at radius 2 is 2.24 bits per heavy atom. The van der Waals surface area contributed by atoms with E-state index in [2.05, 4.69) is 10.6 Å². The third kappa shape index (κ3) is 3.71. The molecule has 1 aromatic rings. The molecule has 0 radical (unpaired) electrons. The molecule has 17 heavy (non-hydrogen) atoms. The molecule has 0 fully saturated rings. The quantitative estimate of drug-likeness (QED) is 0.600. The second kappa shape index (κ2) is 5.78. The van der Waals surface area contributed by atoms with Crippen LogP contribution in [0.4, 0.5) is 15.8 Å². The number of nitro groups is 1. The number of hydrogen-bond acceptors (Lipinski definition) is 4. The minimum atomic E-state index is -0.639. The summed E-state index contributed by atoms with van der Waals surface area (Å²) in [5, 5.41) is 15.7. The van der Waals surface area contributed by atoms with E-state index in [4.69, 9.17) is 0 Å². The second-order valence-electron chi connectivity index (χ2n) is 3.23. The van der Waals surface area contributed by atoms with Crippen LogP contribution in [0.5, 0.6) is 0 Å². The van der Waals surface area contributed by atoms with Crippen molar-refractivity contribution in [2.45, 2.75) is 6.92 Å². The minimum Gasteiger partial charge on any atom is -0.370 e. The molecule has 1 aromatic carbocycles. The van der Waals surface area contributed by atoms with Crippen LogP contribution in [0.3, 0.4) is 0 Å². The summed E-state index contributed by atoms with van der Waals surface area (Å²) < 4.78 is 12.9. The summed E-state index contributed by atoms with van der Waals surface area (Å²) in [6.07, 6.45) is 0. The molecule has 0 aromatic heterocycles. The number of benzene rings is 1. The molecule has 6 nitrogen and oxygen atoms in total. The third-order valence-corrected chi connectivity index (χ3v) is 1.97. The van der Waals surface area contributed by atoms with E-state index in [0.29, 0.717) is 6.54 Å². The molecule has 7 heteroatoms. The lowest BCUT2D eigenvalue weighted by molar-refractivity contribution is -0.384. The van der Waals surface area contributed by atoms with Crippen LogP contribution in [0, 0.1) is 15.9 Å². The summed E-state index contributed by atoms with van der Waals surface area (Å²) in [5.74, 6) is -0.917. The van der Waals surface area contributed by atoms with Gasteiger partial charge in [-0.25, -0.2) is 4.39 Å². The largest absolute Gasteiger partial charge is 0.370 e. The number of carbonyl (C=O) groups is 1. The van der Waals surface area contributed by atoms with Gasteiger partial charge in [-0.2, -0.15) is 0 Å². The number of nitrogens with one attached hydrogen (secondary N) is 2. The van der Waals surface area contributed by atoms with Crippen LogP contribution in [0.15, 0.2) is 18.2 Å². The van der Waals surface area contributed by atoms with E-state index in [-0.39, 0.29) is 23.8 Å². The summed E-state index contributed by atoms with van der Waals surface area (Å²) >= 11 is 0. The second-order valence-corrected chi connectivity index (χ2v) is 3.23. The van der Waals surface area contributed by atoms with Gasteiger partial charge in [-0.05, 0) is 13.0 Å². The maximum Gasteiger partial charge on any atom is 0.292 e. The molecule has 0 atom stereocenters. The van der Waals surface area contributed by atoms with Crippen molar-refractivity contribution in [3.63, 3.8) is 0 Å². The van der Waals surface area contributed by atoms with Crippen LogP contribution in [0.2, 0.25) is 0 Å². The smallest absolute Gasteiger partial charge is 0.292 e. The molecule has 1 amide bonds. The van der Waals surface area contributed by atoms with Crippen molar-refractivity contribution in [3.05, 3.63) is 34.1 Å². The highest BCUT2D eigenvalue weighted by Gasteiger charge is 2.14. The van der Waals surface area contributed by atoms with Crippen LogP contribution < -0.4 is 10.6 Å². The summed E-state index contributed by atoms with van der Waals surface area (Å²) in [6.45, 7) is 2.08. The van der Waals surface area contributed by atoms with Crippen molar-refractivity contribution in [2.75, 3.05) is 18.4 Å². The lowest BCUT2D eigenvalue weighted by atomic mass is 10.2. The van der Waals surface area contributed by atoms with E-state index in [0.717, 1.165) is 18.2 Å². The van der Waals surface area contributed by atoms with Crippen molar-refractivity contribution in [1.29, 1.82) is 0 Å². The number of rotatable bonds is 5. The van der Waals surface area contributed by atoms with Crippen LogP contribution in [-0.2, 0) is 4.79 Å². The fraction of sp³-hybridized carbons (Fsp3) is 0.300. The molecule has 0 saturated heterocycles. The van der Waals surface area contributed by atoms with Gasteiger partial charge >= 0.3 is 0 Å². The molecule has 0 spiro atoms. The van der Waals surface area contributed by atoms with Gasteiger partial charge in [0.15, 0.2) is 0 Å². The van der Waals surface area contributed by atoms with Gasteiger partial charge in [0.05, 0.1) is 11.5 Å². The Hall–Kier alpha value is -2.18. The molecular weight excluding hydrogens is 229 g/mol. The molecule has 0 unspecified atom stereocenters. The van der Waals surface area contributed by atoms with Gasteiger partial charge in [0.25, 0.3) is 5.69 Å². The molecule has 0 saturated carbocycles. The normalized spacial score (nSPS) is 9.76. The zero-order valence-corrected chi connectivity index (χ0v) is 9.20. The highest BCUT2D eigenvalue weighted by atomic mass is 19.1. The van der Waals surface area contributed by atoms with Crippen molar-refractivity contribution < 1.29 is 14.1 Å². The van der Waals surface area contributed by atoms with Crippen LogP contribution >= 0.6 is 0 Å². The fourth-order valence-electron chi connectivity index (χ4n) is 1.24. The van der Waals surface area contributed by atoms with Crippen molar-refractivity contribution in [3.8, 4) is 0 Å². The molecule has 0 aliphatic rings. The molecule has 1 rings (SSSR count). The van der Waals surface area contributed by atoms with Crippen molar-refractivity contribution in [1.82, 2.24) is 5.32 Å². The highest BCUT2D eigenvalue weighted by Crippen LogP contribution is 2.24. The lowest BCUT2D eigenvalue weighted by Gasteiger charge is -2.06. The first-order valence-corrected chi connectivity index (χ1v) is 4.99. The van der Waals surface area contributed by atoms with Crippen molar-refractivity contribution in [2.24, 2.45) is 0 Å². The number of anilines is 1. The number of halogens is 1. The van der Waals surface area contributed by atoms with E-state index in [1.807, 2.05) is 0 Å². The van der Waals surface area contributed by atoms with Gasteiger partial charge in [0.2, 0.25) is 5.91 Å². The first-order chi connectivity index (χ1) is 8.04.